The SMILES string of the molecule is O=CC[C@H]1CCC[C@H](O)C1. The zero-order chi connectivity index (χ0) is 7.40. The van der Waals surface area contributed by atoms with Crippen LogP contribution in [-0.2, 0) is 4.79 Å². The molecule has 58 valence electrons. The maximum Gasteiger partial charge on any atom is 0.120 e. The predicted molar refractivity (Wildman–Crippen MR) is 38.6 cm³/mol. The summed E-state index contributed by atoms with van der Waals surface area (Å²) in [6, 6.07) is 0. The van der Waals surface area contributed by atoms with Crippen LogP contribution in [0.25, 0.3) is 0 Å². The molecule has 1 aliphatic carbocycles. The highest BCUT2D eigenvalue weighted by molar-refractivity contribution is 5.49. The van der Waals surface area contributed by atoms with Gasteiger partial charge in [0.2, 0.25) is 0 Å². The standard InChI is InChI=1S/C8H14O2/c9-5-4-7-2-1-3-8(10)6-7/h5,7-8,10H,1-4,6H2/t7-,8+/m1/s1. The fraction of sp³-hybridized carbons (Fsp3) is 0.875. The van der Waals surface area contributed by atoms with Gasteiger partial charge in [0, 0.05) is 6.42 Å². The summed E-state index contributed by atoms with van der Waals surface area (Å²) >= 11 is 0. The molecule has 1 N–H and O–H groups in total. The van der Waals surface area contributed by atoms with E-state index in [1.807, 2.05) is 0 Å². The second-order valence-corrected chi connectivity index (χ2v) is 3.09. The number of aliphatic hydroxyl groups is 1. The lowest BCUT2D eigenvalue weighted by molar-refractivity contribution is -0.109. The Labute approximate surface area is 61.2 Å². The molecular weight excluding hydrogens is 128 g/mol. The molecule has 0 radical (unpaired) electrons. The molecule has 1 fully saturated rings. The molecule has 1 aliphatic rings. The lowest BCUT2D eigenvalue weighted by Gasteiger charge is -2.23. The summed E-state index contributed by atoms with van der Waals surface area (Å²) in [7, 11) is 0. The van der Waals surface area contributed by atoms with Crippen molar-refractivity contribution in [3.05, 3.63) is 0 Å². The van der Waals surface area contributed by atoms with E-state index in [0.29, 0.717) is 12.3 Å². The fourth-order valence-electron chi connectivity index (χ4n) is 1.61. The number of carbonyl (C=O) groups excluding carboxylic acids is 1. The predicted octanol–water partition coefficient (Wildman–Crippen LogP) is 1.13. The van der Waals surface area contributed by atoms with Gasteiger partial charge in [-0.3, -0.25) is 0 Å². The fourth-order valence-corrected chi connectivity index (χ4v) is 1.61. The molecule has 1 saturated carbocycles. The van der Waals surface area contributed by atoms with Crippen molar-refractivity contribution in [2.24, 2.45) is 5.92 Å². The van der Waals surface area contributed by atoms with Crippen molar-refractivity contribution in [1.29, 1.82) is 0 Å². The van der Waals surface area contributed by atoms with Gasteiger partial charge in [-0.05, 0) is 25.2 Å². The third-order valence-electron chi connectivity index (χ3n) is 2.18. The van der Waals surface area contributed by atoms with Crippen LogP contribution in [0.3, 0.4) is 0 Å². The highest BCUT2D eigenvalue weighted by Gasteiger charge is 2.18. The van der Waals surface area contributed by atoms with Crippen LogP contribution < -0.4 is 0 Å². The first-order valence-electron chi connectivity index (χ1n) is 3.94. The first-order valence-corrected chi connectivity index (χ1v) is 3.94. The molecule has 0 aliphatic heterocycles. The zero-order valence-corrected chi connectivity index (χ0v) is 6.12. The molecule has 0 aromatic rings. The van der Waals surface area contributed by atoms with Crippen LogP contribution in [0.5, 0.6) is 0 Å². The Morgan fingerprint density at radius 2 is 2.30 bits per heavy atom. The smallest absolute Gasteiger partial charge is 0.120 e. The Bertz CT molecular complexity index is 112. The van der Waals surface area contributed by atoms with Crippen LogP contribution in [0.4, 0.5) is 0 Å². The van der Waals surface area contributed by atoms with Crippen molar-refractivity contribution in [2.75, 3.05) is 0 Å². The summed E-state index contributed by atoms with van der Waals surface area (Å²) in [6.07, 6.45) is 5.42. The summed E-state index contributed by atoms with van der Waals surface area (Å²) < 4.78 is 0. The minimum atomic E-state index is -0.140. The van der Waals surface area contributed by atoms with Crippen LogP contribution in [0.15, 0.2) is 0 Å². The third kappa shape index (κ3) is 2.10. The third-order valence-corrected chi connectivity index (χ3v) is 2.18. The lowest BCUT2D eigenvalue weighted by atomic mass is 9.86. The Morgan fingerprint density at radius 3 is 2.90 bits per heavy atom. The van der Waals surface area contributed by atoms with Crippen molar-refractivity contribution in [3.8, 4) is 0 Å². The number of carbonyl (C=O) groups is 1. The largest absolute Gasteiger partial charge is 0.393 e. The molecule has 2 atom stereocenters. The van der Waals surface area contributed by atoms with Gasteiger partial charge in [0.15, 0.2) is 0 Å². The van der Waals surface area contributed by atoms with Gasteiger partial charge in [-0.15, -0.1) is 0 Å². The second-order valence-electron chi connectivity index (χ2n) is 3.09. The highest BCUT2D eigenvalue weighted by Crippen LogP contribution is 2.25. The molecule has 10 heavy (non-hydrogen) atoms. The van der Waals surface area contributed by atoms with Gasteiger partial charge >= 0.3 is 0 Å². The molecular formula is C8H14O2. The Morgan fingerprint density at radius 1 is 1.50 bits per heavy atom. The maximum absolute atomic E-state index is 10.1. The molecule has 0 unspecified atom stereocenters. The van der Waals surface area contributed by atoms with E-state index in [1.54, 1.807) is 0 Å². The van der Waals surface area contributed by atoms with E-state index in [1.165, 1.54) is 0 Å². The van der Waals surface area contributed by atoms with E-state index in [4.69, 9.17) is 0 Å². The quantitative estimate of drug-likeness (QED) is 0.587. The lowest BCUT2D eigenvalue weighted by Crippen LogP contribution is -2.19. The van der Waals surface area contributed by atoms with Gasteiger partial charge in [0.05, 0.1) is 6.10 Å². The maximum atomic E-state index is 10.1. The number of aliphatic hydroxyl groups excluding tert-OH is 1. The van der Waals surface area contributed by atoms with Crippen molar-refractivity contribution < 1.29 is 9.90 Å². The van der Waals surface area contributed by atoms with Crippen LogP contribution in [0, 0.1) is 5.92 Å². The second kappa shape index (κ2) is 3.71. The molecule has 2 heteroatoms. The van der Waals surface area contributed by atoms with Crippen molar-refractivity contribution in [1.82, 2.24) is 0 Å². The monoisotopic (exact) mass is 142 g/mol. The minimum Gasteiger partial charge on any atom is -0.393 e. The van der Waals surface area contributed by atoms with E-state index >= 15 is 0 Å². The van der Waals surface area contributed by atoms with Crippen LogP contribution in [0.1, 0.15) is 32.1 Å². The molecule has 2 nitrogen and oxygen atoms in total. The number of hydrogen-bond acceptors (Lipinski definition) is 2. The number of rotatable bonds is 2. The molecule has 0 spiro atoms. The summed E-state index contributed by atoms with van der Waals surface area (Å²) in [5, 5.41) is 9.19. The van der Waals surface area contributed by atoms with Gasteiger partial charge in [0.25, 0.3) is 0 Å². The average Bonchev–Trinajstić information content (AvgIpc) is 1.88. The molecule has 0 saturated heterocycles. The molecule has 0 bridgehead atoms. The molecule has 0 amide bonds. The Kier molecular flexibility index (Phi) is 2.87. The summed E-state index contributed by atoms with van der Waals surface area (Å²) in [5.74, 6) is 0.459. The van der Waals surface area contributed by atoms with Crippen LogP contribution in [0.2, 0.25) is 0 Å². The van der Waals surface area contributed by atoms with E-state index < -0.39 is 0 Å². The molecule has 0 aromatic carbocycles. The normalized spacial score (nSPS) is 33.7. The average molecular weight is 142 g/mol. The van der Waals surface area contributed by atoms with Gasteiger partial charge in [0.1, 0.15) is 6.29 Å². The van der Waals surface area contributed by atoms with Gasteiger partial charge in [-0.1, -0.05) is 6.42 Å². The van der Waals surface area contributed by atoms with E-state index in [0.717, 1.165) is 32.0 Å². The van der Waals surface area contributed by atoms with Crippen LogP contribution >= 0.6 is 0 Å². The van der Waals surface area contributed by atoms with E-state index in [-0.39, 0.29) is 6.10 Å². The van der Waals surface area contributed by atoms with Gasteiger partial charge < -0.3 is 9.90 Å². The van der Waals surface area contributed by atoms with Crippen LogP contribution in [-0.4, -0.2) is 17.5 Å². The minimum absolute atomic E-state index is 0.140. The first kappa shape index (κ1) is 7.73. The summed E-state index contributed by atoms with van der Waals surface area (Å²) in [5.41, 5.74) is 0. The summed E-state index contributed by atoms with van der Waals surface area (Å²) in [4.78, 5) is 10.1. The Hall–Kier alpha value is -0.370. The Balaban J connectivity index is 2.24. The number of aldehydes is 1. The van der Waals surface area contributed by atoms with E-state index in [2.05, 4.69) is 0 Å². The first-order chi connectivity index (χ1) is 4.83. The zero-order valence-electron chi connectivity index (χ0n) is 6.12. The van der Waals surface area contributed by atoms with Gasteiger partial charge in [-0.2, -0.15) is 0 Å². The molecule has 1 rings (SSSR count). The molecule has 0 heterocycles. The topological polar surface area (TPSA) is 37.3 Å². The van der Waals surface area contributed by atoms with Crippen molar-refractivity contribution >= 4 is 6.29 Å². The summed E-state index contributed by atoms with van der Waals surface area (Å²) in [6.45, 7) is 0. The van der Waals surface area contributed by atoms with Crippen molar-refractivity contribution in [2.45, 2.75) is 38.2 Å². The highest BCUT2D eigenvalue weighted by atomic mass is 16.3. The molecule has 0 aromatic heterocycles. The number of hydrogen-bond donors (Lipinski definition) is 1. The van der Waals surface area contributed by atoms with Crippen molar-refractivity contribution in [3.63, 3.8) is 0 Å². The van der Waals surface area contributed by atoms with E-state index in [9.17, 15) is 9.90 Å². The van der Waals surface area contributed by atoms with Gasteiger partial charge in [-0.25, -0.2) is 0 Å².